The summed E-state index contributed by atoms with van der Waals surface area (Å²) < 4.78 is 0. The highest BCUT2D eigenvalue weighted by atomic mass is 35.5. The van der Waals surface area contributed by atoms with E-state index < -0.39 is 6.04 Å². The van der Waals surface area contributed by atoms with E-state index in [9.17, 15) is 9.59 Å². The third-order valence-electron chi connectivity index (χ3n) is 5.27. The Balaban J connectivity index is 1.86. The van der Waals surface area contributed by atoms with Crippen LogP contribution < -0.4 is 5.32 Å². The molecule has 3 aromatic carbocycles. The lowest BCUT2D eigenvalue weighted by molar-refractivity contribution is -0.144. The Labute approximate surface area is 195 Å². The molecular formula is C27H29ClN2O2. The molecular weight excluding hydrogens is 420 g/mol. The maximum absolute atomic E-state index is 13.4. The summed E-state index contributed by atoms with van der Waals surface area (Å²) in [6.45, 7) is 4.52. The van der Waals surface area contributed by atoms with Crippen molar-refractivity contribution in [2.45, 2.75) is 32.9 Å². The molecule has 3 rings (SSSR count). The number of halogens is 1. The highest BCUT2D eigenvalue weighted by Crippen LogP contribution is 2.26. The molecule has 0 aliphatic rings. The van der Waals surface area contributed by atoms with Crippen molar-refractivity contribution in [1.82, 2.24) is 10.2 Å². The Hall–Kier alpha value is -3.11. The van der Waals surface area contributed by atoms with E-state index in [0.29, 0.717) is 18.1 Å². The first-order valence-corrected chi connectivity index (χ1v) is 11.2. The van der Waals surface area contributed by atoms with Crippen molar-refractivity contribution < 1.29 is 9.59 Å². The molecule has 0 saturated heterocycles. The highest BCUT2D eigenvalue weighted by Gasteiger charge is 2.32. The second-order valence-electron chi connectivity index (χ2n) is 8.09. The van der Waals surface area contributed by atoms with E-state index in [2.05, 4.69) is 5.32 Å². The zero-order chi connectivity index (χ0) is 22.9. The zero-order valence-electron chi connectivity index (χ0n) is 18.5. The van der Waals surface area contributed by atoms with Crippen LogP contribution in [0.3, 0.4) is 0 Å². The first-order chi connectivity index (χ1) is 15.5. The summed E-state index contributed by atoms with van der Waals surface area (Å²) in [5.74, 6) is -0.507. The van der Waals surface area contributed by atoms with Crippen LogP contribution in [-0.4, -0.2) is 23.3 Å². The van der Waals surface area contributed by atoms with Crippen molar-refractivity contribution in [3.63, 3.8) is 0 Å². The molecule has 166 valence electrons. The zero-order valence-corrected chi connectivity index (χ0v) is 19.3. The van der Waals surface area contributed by atoms with Gasteiger partial charge in [-0.1, -0.05) is 98.2 Å². The van der Waals surface area contributed by atoms with Gasteiger partial charge in [0, 0.05) is 24.0 Å². The summed E-state index contributed by atoms with van der Waals surface area (Å²) in [5.41, 5.74) is 2.86. The van der Waals surface area contributed by atoms with Crippen LogP contribution >= 0.6 is 11.6 Å². The van der Waals surface area contributed by atoms with Gasteiger partial charge in [0.15, 0.2) is 0 Å². The van der Waals surface area contributed by atoms with Gasteiger partial charge in [-0.2, -0.15) is 0 Å². The van der Waals surface area contributed by atoms with Gasteiger partial charge in [-0.3, -0.25) is 9.59 Å². The van der Waals surface area contributed by atoms with Gasteiger partial charge in [-0.15, -0.1) is 0 Å². The topological polar surface area (TPSA) is 49.4 Å². The average Bonchev–Trinajstić information content (AvgIpc) is 2.81. The van der Waals surface area contributed by atoms with Crippen LogP contribution in [0.2, 0.25) is 5.02 Å². The van der Waals surface area contributed by atoms with Gasteiger partial charge in [-0.05, 0) is 35.2 Å². The summed E-state index contributed by atoms with van der Waals surface area (Å²) in [7, 11) is 0. The average molecular weight is 449 g/mol. The number of carbonyl (C=O) groups is 2. The molecule has 0 bridgehead atoms. The summed E-state index contributed by atoms with van der Waals surface area (Å²) >= 11 is 6.03. The predicted molar refractivity (Wildman–Crippen MR) is 129 cm³/mol. The molecule has 5 heteroatoms. The highest BCUT2D eigenvalue weighted by molar-refractivity contribution is 6.30. The van der Waals surface area contributed by atoms with Crippen LogP contribution in [0.1, 0.15) is 36.6 Å². The molecule has 4 nitrogen and oxygen atoms in total. The Morgan fingerprint density at radius 2 is 1.44 bits per heavy atom. The van der Waals surface area contributed by atoms with Crippen molar-refractivity contribution in [3.8, 4) is 0 Å². The van der Waals surface area contributed by atoms with Gasteiger partial charge in [-0.25, -0.2) is 0 Å². The third kappa shape index (κ3) is 6.44. The van der Waals surface area contributed by atoms with Crippen LogP contribution in [0, 0.1) is 5.92 Å². The predicted octanol–water partition coefficient (Wildman–Crippen LogP) is 5.42. The maximum atomic E-state index is 13.4. The molecule has 0 saturated carbocycles. The SMILES string of the molecule is CC(C)C(=O)N(Cc1ccc(Cl)cc1)[C@H](C(=O)NCCc1ccccc1)c1ccccc1. The fraction of sp³-hybridized carbons (Fsp3) is 0.259. The van der Waals surface area contributed by atoms with E-state index in [1.165, 1.54) is 0 Å². The molecule has 0 spiro atoms. The number of rotatable bonds is 9. The van der Waals surface area contributed by atoms with Gasteiger partial charge in [0.25, 0.3) is 0 Å². The minimum atomic E-state index is -0.724. The van der Waals surface area contributed by atoms with Crippen molar-refractivity contribution in [2.24, 2.45) is 5.92 Å². The Morgan fingerprint density at radius 3 is 2.03 bits per heavy atom. The number of nitrogens with one attached hydrogen (secondary N) is 1. The third-order valence-corrected chi connectivity index (χ3v) is 5.53. The fourth-order valence-corrected chi connectivity index (χ4v) is 3.72. The Kier molecular flexibility index (Phi) is 8.46. The largest absolute Gasteiger partial charge is 0.354 e. The maximum Gasteiger partial charge on any atom is 0.247 e. The van der Waals surface area contributed by atoms with Crippen molar-refractivity contribution in [1.29, 1.82) is 0 Å². The van der Waals surface area contributed by atoms with E-state index in [-0.39, 0.29) is 17.7 Å². The summed E-state index contributed by atoms with van der Waals surface area (Å²) in [4.78, 5) is 28.3. The van der Waals surface area contributed by atoms with Crippen LogP contribution in [0.25, 0.3) is 0 Å². The summed E-state index contributed by atoms with van der Waals surface area (Å²) in [6, 6.07) is 26.1. The molecule has 32 heavy (non-hydrogen) atoms. The first kappa shape index (κ1) is 23.6. The van der Waals surface area contributed by atoms with E-state index in [4.69, 9.17) is 11.6 Å². The van der Waals surface area contributed by atoms with Crippen LogP contribution in [0.4, 0.5) is 0 Å². The molecule has 1 N–H and O–H groups in total. The van der Waals surface area contributed by atoms with E-state index in [1.54, 1.807) is 17.0 Å². The Morgan fingerprint density at radius 1 is 0.844 bits per heavy atom. The number of nitrogens with zero attached hydrogens (tertiary/aromatic N) is 1. The van der Waals surface area contributed by atoms with Gasteiger partial charge in [0.2, 0.25) is 11.8 Å². The number of hydrogen-bond acceptors (Lipinski definition) is 2. The van der Waals surface area contributed by atoms with Gasteiger partial charge < -0.3 is 10.2 Å². The normalized spacial score (nSPS) is 11.8. The van der Waals surface area contributed by atoms with E-state index in [0.717, 1.165) is 23.1 Å². The minimum absolute atomic E-state index is 0.0768. The monoisotopic (exact) mass is 448 g/mol. The first-order valence-electron chi connectivity index (χ1n) is 10.9. The smallest absolute Gasteiger partial charge is 0.247 e. The fourth-order valence-electron chi connectivity index (χ4n) is 3.59. The lowest BCUT2D eigenvalue weighted by atomic mass is 10.0. The molecule has 0 heterocycles. The summed E-state index contributed by atoms with van der Waals surface area (Å²) in [5, 5.41) is 3.68. The lowest BCUT2D eigenvalue weighted by Crippen LogP contribution is -2.45. The molecule has 2 amide bonds. The van der Waals surface area contributed by atoms with E-state index >= 15 is 0 Å². The second-order valence-corrected chi connectivity index (χ2v) is 8.52. The van der Waals surface area contributed by atoms with Crippen LogP contribution in [0.5, 0.6) is 0 Å². The second kappa shape index (κ2) is 11.5. The molecule has 0 fully saturated rings. The molecule has 3 aromatic rings. The van der Waals surface area contributed by atoms with Crippen molar-refractivity contribution in [3.05, 3.63) is 107 Å². The lowest BCUT2D eigenvalue weighted by Gasteiger charge is -2.33. The van der Waals surface area contributed by atoms with Crippen LogP contribution in [-0.2, 0) is 22.6 Å². The molecule has 0 radical (unpaired) electrons. The number of hydrogen-bond donors (Lipinski definition) is 1. The van der Waals surface area contributed by atoms with Crippen molar-refractivity contribution >= 4 is 23.4 Å². The summed E-state index contributed by atoms with van der Waals surface area (Å²) in [6.07, 6.45) is 0.726. The Bertz CT molecular complexity index is 1000. The molecule has 0 unspecified atom stereocenters. The van der Waals surface area contributed by atoms with Gasteiger partial charge >= 0.3 is 0 Å². The number of amides is 2. The minimum Gasteiger partial charge on any atom is -0.354 e. The standard InChI is InChI=1S/C27H29ClN2O2/c1-20(2)27(32)30(19-22-13-15-24(28)16-14-22)25(23-11-7-4-8-12-23)26(31)29-18-17-21-9-5-3-6-10-21/h3-16,20,25H,17-19H2,1-2H3,(H,29,31)/t25-/m0/s1. The van der Waals surface area contributed by atoms with Gasteiger partial charge in [0.05, 0.1) is 0 Å². The molecule has 0 aliphatic carbocycles. The quantitative estimate of drug-likeness (QED) is 0.474. The van der Waals surface area contributed by atoms with E-state index in [1.807, 2.05) is 86.6 Å². The molecule has 0 aliphatic heterocycles. The molecule has 1 atom stereocenters. The number of benzene rings is 3. The van der Waals surface area contributed by atoms with Crippen LogP contribution in [0.15, 0.2) is 84.9 Å². The molecule has 0 aromatic heterocycles. The van der Waals surface area contributed by atoms with Gasteiger partial charge in [0.1, 0.15) is 6.04 Å². The number of carbonyl (C=O) groups excluding carboxylic acids is 2. The van der Waals surface area contributed by atoms with Crippen molar-refractivity contribution in [2.75, 3.05) is 6.54 Å².